The van der Waals surface area contributed by atoms with Crippen LogP contribution in [-0.2, 0) is 19.1 Å². The lowest BCUT2D eigenvalue weighted by Crippen LogP contribution is -2.47. The molecule has 3 amide bonds. The normalized spacial score (nSPS) is 21.4. The molecule has 7 nitrogen and oxygen atoms in total. The Hall–Kier alpha value is -3.52. The van der Waals surface area contributed by atoms with Gasteiger partial charge in [-0.1, -0.05) is 24.3 Å². The number of rotatable bonds is 4. The maximum Gasteiger partial charge on any atom is 0.282 e. The number of halogens is 1. The minimum absolute atomic E-state index is 0.0841. The second-order valence-electron chi connectivity index (χ2n) is 8.04. The number of hydrogen-bond acceptors (Lipinski definition) is 5. The maximum absolute atomic E-state index is 14.5. The second-order valence-corrected chi connectivity index (χ2v) is 8.04. The highest BCUT2D eigenvalue weighted by atomic mass is 19.1. The van der Waals surface area contributed by atoms with E-state index in [9.17, 15) is 18.8 Å². The van der Waals surface area contributed by atoms with Crippen LogP contribution in [0.3, 0.4) is 0 Å². The van der Waals surface area contributed by atoms with Crippen LogP contribution >= 0.6 is 0 Å². The highest BCUT2D eigenvalue weighted by Gasteiger charge is 2.44. The monoisotopic (exact) mass is 437 g/mol. The van der Waals surface area contributed by atoms with Gasteiger partial charge in [0.1, 0.15) is 11.5 Å². The number of para-hydroxylation sites is 1. The van der Waals surface area contributed by atoms with Crippen molar-refractivity contribution in [3.8, 4) is 0 Å². The fourth-order valence-corrected chi connectivity index (χ4v) is 4.21. The van der Waals surface area contributed by atoms with Crippen molar-refractivity contribution in [2.24, 2.45) is 0 Å². The topological polar surface area (TPSA) is 79.0 Å². The van der Waals surface area contributed by atoms with Crippen LogP contribution in [0.15, 0.2) is 54.2 Å². The molecule has 0 saturated carbocycles. The van der Waals surface area contributed by atoms with Gasteiger partial charge in [-0.3, -0.25) is 14.4 Å². The number of anilines is 2. The SMILES string of the molecule is CC(=O)Nc1ccc(C2=C(N3CC(C)OC(C)C3)C(=O)N(c3ccccc3F)C2=O)cc1. The largest absolute Gasteiger partial charge is 0.372 e. The van der Waals surface area contributed by atoms with Crippen molar-refractivity contribution >= 4 is 34.7 Å². The number of morpholine rings is 1. The number of hydrogen-bond donors (Lipinski definition) is 1. The Morgan fingerprint density at radius 3 is 2.22 bits per heavy atom. The molecule has 2 aliphatic rings. The van der Waals surface area contributed by atoms with E-state index in [1.165, 1.54) is 25.1 Å². The predicted octanol–water partition coefficient (Wildman–Crippen LogP) is 3.18. The zero-order chi connectivity index (χ0) is 23.0. The van der Waals surface area contributed by atoms with E-state index in [0.29, 0.717) is 24.3 Å². The van der Waals surface area contributed by atoms with E-state index in [4.69, 9.17) is 4.74 Å². The van der Waals surface area contributed by atoms with Crippen molar-refractivity contribution in [1.29, 1.82) is 0 Å². The van der Waals surface area contributed by atoms with Crippen LogP contribution in [0.5, 0.6) is 0 Å². The van der Waals surface area contributed by atoms with Gasteiger partial charge in [-0.05, 0) is 43.7 Å². The molecule has 166 valence electrons. The Morgan fingerprint density at radius 2 is 1.62 bits per heavy atom. The van der Waals surface area contributed by atoms with Gasteiger partial charge in [-0.25, -0.2) is 9.29 Å². The van der Waals surface area contributed by atoms with Crippen molar-refractivity contribution in [3.05, 3.63) is 65.6 Å². The number of benzene rings is 2. The molecule has 0 radical (unpaired) electrons. The summed E-state index contributed by atoms with van der Waals surface area (Å²) >= 11 is 0. The van der Waals surface area contributed by atoms with E-state index < -0.39 is 17.6 Å². The summed E-state index contributed by atoms with van der Waals surface area (Å²) in [7, 11) is 0. The molecular formula is C24H24FN3O4. The van der Waals surface area contributed by atoms with E-state index in [0.717, 1.165) is 4.90 Å². The van der Waals surface area contributed by atoms with Gasteiger partial charge in [-0.2, -0.15) is 0 Å². The lowest BCUT2D eigenvalue weighted by molar-refractivity contribution is -0.121. The summed E-state index contributed by atoms with van der Waals surface area (Å²) in [6.07, 6.45) is -0.278. The van der Waals surface area contributed by atoms with Crippen molar-refractivity contribution in [3.63, 3.8) is 0 Å². The summed E-state index contributed by atoms with van der Waals surface area (Å²) < 4.78 is 20.3. The Labute approximate surface area is 185 Å². The Kier molecular flexibility index (Phi) is 5.80. The van der Waals surface area contributed by atoms with E-state index in [1.807, 2.05) is 18.7 Å². The van der Waals surface area contributed by atoms with Gasteiger partial charge in [0.25, 0.3) is 11.8 Å². The molecule has 4 rings (SSSR count). The smallest absolute Gasteiger partial charge is 0.282 e. The van der Waals surface area contributed by atoms with E-state index in [2.05, 4.69) is 5.32 Å². The van der Waals surface area contributed by atoms with Gasteiger partial charge in [0.2, 0.25) is 5.91 Å². The molecule has 2 aromatic carbocycles. The average molecular weight is 437 g/mol. The third-order valence-corrected chi connectivity index (χ3v) is 5.38. The molecule has 0 bridgehead atoms. The quantitative estimate of drug-likeness (QED) is 0.744. The summed E-state index contributed by atoms with van der Waals surface area (Å²) in [5, 5.41) is 2.68. The molecule has 0 aromatic heterocycles. The average Bonchev–Trinajstić information content (AvgIpc) is 2.98. The minimum Gasteiger partial charge on any atom is -0.372 e. The van der Waals surface area contributed by atoms with Crippen LogP contribution in [0.2, 0.25) is 0 Å². The number of ether oxygens (including phenoxy) is 1. The maximum atomic E-state index is 14.5. The minimum atomic E-state index is -0.653. The highest BCUT2D eigenvalue weighted by Crippen LogP contribution is 2.37. The number of nitrogens with one attached hydrogen (secondary N) is 1. The van der Waals surface area contributed by atoms with Gasteiger partial charge in [0.05, 0.1) is 23.5 Å². The number of imide groups is 1. The van der Waals surface area contributed by atoms with Crippen LogP contribution < -0.4 is 10.2 Å². The Bertz CT molecular complexity index is 1100. The fraction of sp³-hybridized carbons (Fsp3) is 0.292. The molecule has 2 atom stereocenters. The molecule has 1 N–H and O–H groups in total. The van der Waals surface area contributed by atoms with E-state index >= 15 is 0 Å². The first-order chi connectivity index (χ1) is 15.3. The number of nitrogens with zero attached hydrogens (tertiary/aromatic N) is 2. The molecule has 32 heavy (non-hydrogen) atoms. The Balaban J connectivity index is 1.81. The molecular weight excluding hydrogens is 413 g/mol. The van der Waals surface area contributed by atoms with Crippen molar-refractivity contribution in [1.82, 2.24) is 4.90 Å². The molecule has 2 aliphatic heterocycles. The summed E-state index contributed by atoms with van der Waals surface area (Å²) in [6.45, 7) is 6.07. The van der Waals surface area contributed by atoms with Crippen LogP contribution in [0.4, 0.5) is 15.8 Å². The zero-order valence-corrected chi connectivity index (χ0v) is 18.1. The second kappa shape index (κ2) is 8.55. The number of carbonyl (C=O) groups excluding carboxylic acids is 3. The molecule has 2 unspecified atom stereocenters. The molecule has 2 aromatic rings. The summed E-state index contributed by atoms with van der Waals surface area (Å²) in [4.78, 5) is 41.1. The standard InChI is InChI=1S/C24H24FN3O4/c1-14-12-27(13-15(2)32-14)22-21(17-8-10-18(11-9-17)26-16(3)29)23(30)28(24(22)31)20-7-5-4-6-19(20)25/h4-11,14-15H,12-13H2,1-3H3,(H,26,29). The van der Waals surface area contributed by atoms with Crippen molar-refractivity contribution in [2.45, 2.75) is 33.0 Å². The first kappa shape index (κ1) is 21.7. The highest BCUT2D eigenvalue weighted by molar-refractivity contribution is 6.45. The van der Waals surface area contributed by atoms with Crippen LogP contribution in [0.25, 0.3) is 5.57 Å². The van der Waals surface area contributed by atoms with E-state index in [1.54, 1.807) is 30.3 Å². The first-order valence-electron chi connectivity index (χ1n) is 10.4. The molecule has 1 fully saturated rings. The van der Waals surface area contributed by atoms with Gasteiger partial charge in [0.15, 0.2) is 0 Å². The lowest BCUT2D eigenvalue weighted by atomic mass is 10.0. The summed E-state index contributed by atoms with van der Waals surface area (Å²) in [6, 6.07) is 12.4. The number of amides is 3. The number of carbonyl (C=O) groups is 3. The third kappa shape index (κ3) is 4.01. The zero-order valence-electron chi connectivity index (χ0n) is 18.1. The fourth-order valence-electron chi connectivity index (χ4n) is 4.21. The van der Waals surface area contributed by atoms with Crippen molar-refractivity contribution < 1.29 is 23.5 Å². The first-order valence-corrected chi connectivity index (χ1v) is 10.4. The molecule has 1 saturated heterocycles. The van der Waals surface area contributed by atoms with Crippen LogP contribution in [0.1, 0.15) is 26.3 Å². The molecule has 0 spiro atoms. The van der Waals surface area contributed by atoms with Crippen LogP contribution in [0, 0.1) is 5.82 Å². The van der Waals surface area contributed by atoms with Crippen molar-refractivity contribution in [2.75, 3.05) is 23.3 Å². The van der Waals surface area contributed by atoms with Gasteiger partial charge in [0, 0.05) is 25.7 Å². The van der Waals surface area contributed by atoms with Gasteiger partial charge >= 0.3 is 0 Å². The van der Waals surface area contributed by atoms with E-state index in [-0.39, 0.29) is 35.1 Å². The molecule has 8 heteroatoms. The van der Waals surface area contributed by atoms with Gasteiger partial charge in [-0.15, -0.1) is 0 Å². The third-order valence-electron chi connectivity index (χ3n) is 5.38. The van der Waals surface area contributed by atoms with Crippen LogP contribution in [-0.4, -0.2) is 47.9 Å². The predicted molar refractivity (Wildman–Crippen MR) is 118 cm³/mol. The summed E-state index contributed by atoms with van der Waals surface area (Å²) in [5.74, 6) is -2.03. The Morgan fingerprint density at radius 1 is 1.00 bits per heavy atom. The summed E-state index contributed by atoms with van der Waals surface area (Å²) in [5.41, 5.74) is 1.43. The van der Waals surface area contributed by atoms with Gasteiger partial charge < -0.3 is 15.0 Å². The molecule has 0 aliphatic carbocycles. The lowest BCUT2D eigenvalue weighted by Gasteiger charge is -2.37. The molecule has 2 heterocycles.